The van der Waals surface area contributed by atoms with Crippen molar-refractivity contribution in [1.82, 2.24) is 0 Å². The number of carbonyl (C=O) groups excluding carboxylic acids is 1. The number of Topliss-reactive ketones (excluding diaryl/α,β-unsaturated/α-hetero) is 1. The number of benzene rings is 1. The summed E-state index contributed by atoms with van der Waals surface area (Å²) in [6.45, 7) is 0. The molecule has 1 fully saturated rings. The van der Waals surface area contributed by atoms with Gasteiger partial charge in [-0.2, -0.15) is 0 Å². The highest BCUT2D eigenvalue weighted by molar-refractivity contribution is 9.13. The number of thiophene rings is 1. The molecule has 1 nitrogen and oxygen atoms in total. The highest BCUT2D eigenvalue weighted by atomic mass is 79.9. The standard InChI is InChI=1S/C14H10Br2OS/c15-11-7-18-14(12(11)16)13(17)10-6-9(10)8-4-2-1-3-5-8/h1-5,7,9-10H,6H2. The van der Waals surface area contributed by atoms with Crippen LogP contribution in [0.2, 0.25) is 0 Å². The lowest BCUT2D eigenvalue weighted by molar-refractivity contribution is 0.0968. The van der Waals surface area contributed by atoms with Crippen LogP contribution in [0.3, 0.4) is 0 Å². The fraction of sp³-hybridized carbons (Fsp3) is 0.214. The lowest BCUT2D eigenvalue weighted by Crippen LogP contribution is -2.01. The molecular formula is C14H10Br2OS. The van der Waals surface area contributed by atoms with Gasteiger partial charge >= 0.3 is 0 Å². The Hall–Kier alpha value is -0.450. The van der Waals surface area contributed by atoms with Crippen LogP contribution in [-0.4, -0.2) is 5.78 Å². The van der Waals surface area contributed by atoms with Crippen molar-refractivity contribution in [2.45, 2.75) is 12.3 Å². The van der Waals surface area contributed by atoms with Crippen LogP contribution in [0.5, 0.6) is 0 Å². The minimum Gasteiger partial charge on any atom is -0.293 e. The fourth-order valence-corrected chi connectivity index (χ4v) is 4.38. The zero-order chi connectivity index (χ0) is 12.7. The molecule has 1 aliphatic carbocycles. The van der Waals surface area contributed by atoms with Crippen LogP contribution in [0, 0.1) is 5.92 Å². The topological polar surface area (TPSA) is 17.1 Å². The van der Waals surface area contributed by atoms with E-state index in [1.165, 1.54) is 16.9 Å². The molecule has 1 aromatic heterocycles. The van der Waals surface area contributed by atoms with Gasteiger partial charge in [0.15, 0.2) is 5.78 Å². The summed E-state index contributed by atoms with van der Waals surface area (Å²) in [5.74, 6) is 0.840. The van der Waals surface area contributed by atoms with Gasteiger partial charge in [0.05, 0.1) is 9.35 Å². The molecule has 0 N–H and O–H groups in total. The Labute approximate surface area is 126 Å². The predicted molar refractivity (Wildman–Crippen MR) is 81.3 cm³/mol. The second-order valence-corrected chi connectivity index (χ2v) is 6.98. The molecule has 92 valence electrons. The first kappa shape index (κ1) is 12.6. The monoisotopic (exact) mass is 384 g/mol. The zero-order valence-corrected chi connectivity index (χ0v) is 13.4. The quantitative estimate of drug-likeness (QED) is 0.658. The van der Waals surface area contributed by atoms with Gasteiger partial charge < -0.3 is 0 Å². The normalized spacial score (nSPS) is 21.9. The summed E-state index contributed by atoms with van der Waals surface area (Å²) < 4.78 is 1.86. The van der Waals surface area contributed by atoms with Crippen molar-refractivity contribution in [2.75, 3.05) is 0 Å². The Bertz CT molecular complexity index is 591. The van der Waals surface area contributed by atoms with Crippen molar-refractivity contribution in [2.24, 2.45) is 5.92 Å². The van der Waals surface area contributed by atoms with Crippen molar-refractivity contribution >= 4 is 49.0 Å². The number of carbonyl (C=O) groups is 1. The van der Waals surface area contributed by atoms with E-state index in [4.69, 9.17) is 0 Å². The molecule has 1 aromatic carbocycles. The Morgan fingerprint density at radius 2 is 1.94 bits per heavy atom. The second-order valence-electron chi connectivity index (χ2n) is 4.45. The smallest absolute Gasteiger partial charge is 0.177 e. The highest BCUT2D eigenvalue weighted by Crippen LogP contribution is 2.50. The van der Waals surface area contributed by atoms with Crippen LogP contribution < -0.4 is 0 Å². The first-order valence-electron chi connectivity index (χ1n) is 5.70. The van der Waals surface area contributed by atoms with E-state index in [0.717, 1.165) is 20.2 Å². The molecule has 0 bridgehead atoms. The molecule has 1 saturated carbocycles. The van der Waals surface area contributed by atoms with Gasteiger partial charge in [0.2, 0.25) is 0 Å². The molecule has 4 heteroatoms. The Morgan fingerprint density at radius 1 is 1.22 bits per heavy atom. The molecule has 0 spiro atoms. The maximum atomic E-state index is 12.4. The van der Waals surface area contributed by atoms with Crippen molar-refractivity contribution in [3.05, 3.63) is 55.1 Å². The van der Waals surface area contributed by atoms with Crippen molar-refractivity contribution in [1.29, 1.82) is 0 Å². The minimum atomic E-state index is 0.161. The molecule has 0 radical (unpaired) electrons. The van der Waals surface area contributed by atoms with Crippen LogP contribution in [-0.2, 0) is 0 Å². The third-order valence-electron chi connectivity index (χ3n) is 3.27. The van der Waals surface area contributed by atoms with Crippen molar-refractivity contribution < 1.29 is 4.79 Å². The average Bonchev–Trinajstić information content (AvgIpc) is 3.13. The molecule has 0 saturated heterocycles. The number of hydrogen-bond donors (Lipinski definition) is 0. The van der Waals surface area contributed by atoms with Gasteiger partial charge in [0.1, 0.15) is 0 Å². The van der Waals surface area contributed by atoms with E-state index in [9.17, 15) is 4.79 Å². The first-order valence-corrected chi connectivity index (χ1v) is 8.16. The van der Waals surface area contributed by atoms with Gasteiger partial charge in [-0.05, 0) is 49.8 Å². The fourth-order valence-electron chi connectivity index (χ4n) is 2.21. The molecule has 1 aliphatic rings. The van der Waals surface area contributed by atoms with Gasteiger partial charge in [0, 0.05) is 15.8 Å². The number of hydrogen-bond acceptors (Lipinski definition) is 2. The Kier molecular flexibility index (Phi) is 3.43. The largest absolute Gasteiger partial charge is 0.293 e. The summed E-state index contributed by atoms with van der Waals surface area (Å²) >= 11 is 8.40. The van der Waals surface area contributed by atoms with Crippen LogP contribution in [0.15, 0.2) is 44.7 Å². The summed E-state index contributed by atoms with van der Waals surface area (Å²) in [5.41, 5.74) is 1.28. The molecule has 18 heavy (non-hydrogen) atoms. The number of rotatable bonds is 3. The lowest BCUT2D eigenvalue weighted by atomic mass is 10.1. The lowest BCUT2D eigenvalue weighted by Gasteiger charge is -1.99. The maximum absolute atomic E-state index is 12.4. The van der Waals surface area contributed by atoms with Crippen molar-refractivity contribution in [3.8, 4) is 0 Å². The van der Waals surface area contributed by atoms with E-state index < -0.39 is 0 Å². The van der Waals surface area contributed by atoms with Crippen LogP contribution in [0.25, 0.3) is 0 Å². The molecule has 0 aliphatic heterocycles. The highest BCUT2D eigenvalue weighted by Gasteiger charge is 2.44. The van der Waals surface area contributed by atoms with E-state index in [-0.39, 0.29) is 11.7 Å². The predicted octanol–water partition coefficient (Wildman–Crippen LogP) is 5.26. The Morgan fingerprint density at radius 3 is 2.56 bits per heavy atom. The van der Waals surface area contributed by atoms with E-state index in [1.54, 1.807) is 0 Å². The number of ketones is 1. The molecule has 3 rings (SSSR count). The van der Waals surface area contributed by atoms with Gasteiger partial charge in [-0.1, -0.05) is 30.3 Å². The minimum absolute atomic E-state index is 0.161. The summed E-state index contributed by atoms with van der Waals surface area (Å²) in [5, 5.41) is 1.96. The summed E-state index contributed by atoms with van der Waals surface area (Å²) in [6, 6.07) is 10.3. The molecule has 1 heterocycles. The van der Waals surface area contributed by atoms with Gasteiger partial charge in [0.25, 0.3) is 0 Å². The van der Waals surface area contributed by atoms with E-state index in [2.05, 4.69) is 44.0 Å². The van der Waals surface area contributed by atoms with Crippen LogP contribution >= 0.6 is 43.2 Å². The summed E-state index contributed by atoms with van der Waals surface area (Å²) in [6.07, 6.45) is 0.977. The molecule has 2 aromatic rings. The first-order chi connectivity index (χ1) is 8.68. The third kappa shape index (κ3) is 2.22. The van der Waals surface area contributed by atoms with Crippen LogP contribution in [0.4, 0.5) is 0 Å². The molecule has 2 unspecified atom stereocenters. The summed E-state index contributed by atoms with van der Waals surface area (Å²) in [7, 11) is 0. The Balaban J connectivity index is 1.79. The molecule has 0 amide bonds. The number of halogens is 2. The second kappa shape index (κ2) is 4.91. The molecular weight excluding hydrogens is 376 g/mol. The van der Waals surface area contributed by atoms with E-state index in [0.29, 0.717) is 5.92 Å². The van der Waals surface area contributed by atoms with E-state index in [1.807, 2.05) is 23.6 Å². The van der Waals surface area contributed by atoms with Gasteiger partial charge in [-0.25, -0.2) is 0 Å². The third-order valence-corrected chi connectivity index (χ3v) is 6.81. The van der Waals surface area contributed by atoms with Crippen LogP contribution in [0.1, 0.15) is 27.6 Å². The van der Waals surface area contributed by atoms with E-state index >= 15 is 0 Å². The maximum Gasteiger partial charge on any atom is 0.177 e. The summed E-state index contributed by atoms with van der Waals surface area (Å²) in [4.78, 5) is 13.2. The van der Waals surface area contributed by atoms with Gasteiger partial charge in [-0.15, -0.1) is 11.3 Å². The molecule has 2 atom stereocenters. The van der Waals surface area contributed by atoms with Gasteiger partial charge in [-0.3, -0.25) is 4.79 Å². The zero-order valence-electron chi connectivity index (χ0n) is 9.40. The SMILES string of the molecule is O=C(c1scc(Br)c1Br)C1CC1c1ccccc1. The van der Waals surface area contributed by atoms with Crippen molar-refractivity contribution in [3.63, 3.8) is 0 Å². The average molecular weight is 386 g/mol.